The molecule has 0 spiro atoms. The van der Waals surface area contributed by atoms with E-state index in [-0.39, 0.29) is 25.5 Å². The first kappa shape index (κ1) is 44.2. The minimum atomic E-state index is -0.663. The molecular weight excluding hydrogens is 1060 g/mol. The first-order valence-electron chi connectivity index (χ1n) is 21.6. The van der Waals surface area contributed by atoms with Crippen LogP contribution in [-0.2, 0) is 25.5 Å². The van der Waals surface area contributed by atoms with Gasteiger partial charge < -0.3 is 4.98 Å². The number of pyridine rings is 1. The standard InChI is InChI=1S/C43H35N2Te.C15H16N.Ir/c1-27(2)36-24-32(30-16-9-6-10-17-30)25-37(28(3)4)41(36)45-39-21-12-11-20-38(39)44-43(45)35-19-13-18-34-33-23-22-31(26-40(33)46-42(34)35)29-14-7-5-8-15-29;1-15(2,3)13-9-10-14(16-11-13)12-7-5-4-6-8-12;/h5-18,20-28H,1-4H3;4-7,9-11H,1-3H3;/q2*-1;. The zero-order valence-corrected chi connectivity index (χ0v) is 41.6. The van der Waals surface area contributed by atoms with E-state index in [9.17, 15) is 0 Å². The van der Waals surface area contributed by atoms with Crippen LogP contribution in [0.3, 0.4) is 0 Å². The molecule has 5 heteroatoms. The van der Waals surface area contributed by atoms with Gasteiger partial charge in [-0.3, -0.25) is 0 Å². The van der Waals surface area contributed by atoms with Crippen LogP contribution >= 0.6 is 0 Å². The molecule has 0 fully saturated rings. The van der Waals surface area contributed by atoms with Gasteiger partial charge in [-0.25, -0.2) is 0 Å². The third kappa shape index (κ3) is 9.04. The van der Waals surface area contributed by atoms with Gasteiger partial charge in [0.15, 0.2) is 0 Å². The Bertz CT molecular complexity index is 3110. The summed E-state index contributed by atoms with van der Waals surface area (Å²) in [6, 6.07) is 65.4. The van der Waals surface area contributed by atoms with Gasteiger partial charge in [0.05, 0.1) is 0 Å². The Morgan fingerprint density at radius 3 is 1.86 bits per heavy atom. The Morgan fingerprint density at radius 1 is 0.587 bits per heavy atom. The second-order valence-electron chi connectivity index (χ2n) is 17.7. The van der Waals surface area contributed by atoms with Crippen LogP contribution in [0.4, 0.5) is 0 Å². The molecule has 0 aliphatic carbocycles. The van der Waals surface area contributed by atoms with Crippen molar-refractivity contribution in [2.45, 2.75) is 65.7 Å². The van der Waals surface area contributed by atoms with Gasteiger partial charge in [-0.1, -0.05) is 32.9 Å². The normalized spacial score (nSPS) is 11.6. The first-order chi connectivity index (χ1) is 30.0. The van der Waals surface area contributed by atoms with Crippen LogP contribution in [0.2, 0.25) is 0 Å². The summed E-state index contributed by atoms with van der Waals surface area (Å²) in [5.41, 5.74) is 15.8. The van der Waals surface area contributed by atoms with Gasteiger partial charge in [0.25, 0.3) is 0 Å². The molecule has 0 N–H and O–H groups in total. The van der Waals surface area contributed by atoms with E-state index in [1.807, 2.05) is 30.5 Å². The van der Waals surface area contributed by atoms with E-state index in [0.29, 0.717) is 11.8 Å². The van der Waals surface area contributed by atoms with E-state index in [1.165, 1.54) is 62.2 Å². The molecule has 315 valence electrons. The van der Waals surface area contributed by atoms with Crippen molar-refractivity contribution < 1.29 is 20.1 Å². The van der Waals surface area contributed by atoms with Gasteiger partial charge in [0.2, 0.25) is 0 Å². The molecule has 0 saturated heterocycles. The maximum atomic E-state index is 5.40. The fourth-order valence-corrected chi connectivity index (χ4v) is 11.8. The van der Waals surface area contributed by atoms with E-state index >= 15 is 0 Å². The Kier molecular flexibility index (Phi) is 13.2. The minimum absolute atomic E-state index is 0. The number of rotatable bonds is 7. The largest absolute Gasteiger partial charge is 0 e. The topological polar surface area (TPSA) is 30.7 Å². The second-order valence-corrected chi connectivity index (χ2v) is 20.7. The molecule has 0 atom stereocenters. The number of imidazole rings is 1. The number of nitrogens with zero attached hydrogens (tertiary/aromatic N) is 3. The van der Waals surface area contributed by atoms with Gasteiger partial charge in [-0.05, 0) is 16.7 Å². The van der Waals surface area contributed by atoms with Gasteiger partial charge in [-0.2, -0.15) is 0 Å². The fourth-order valence-electron chi connectivity index (χ4n) is 8.30. The summed E-state index contributed by atoms with van der Waals surface area (Å²) < 4.78 is 5.39. The number of benzene rings is 7. The molecule has 0 saturated carbocycles. The van der Waals surface area contributed by atoms with Crippen molar-refractivity contribution in [2.75, 3.05) is 0 Å². The van der Waals surface area contributed by atoms with Crippen LogP contribution in [0.15, 0.2) is 170 Å². The van der Waals surface area contributed by atoms with Crippen molar-refractivity contribution >= 4 is 49.0 Å². The first-order valence-corrected chi connectivity index (χ1v) is 24.0. The van der Waals surface area contributed by atoms with E-state index < -0.39 is 20.4 Å². The fraction of sp³-hybridized carbons (Fsp3) is 0.172. The summed E-state index contributed by atoms with van der Waals surface area (Å²) in [6.07, 6.45) is 1.95. The van der Waals surface area contributed by atoms with Crippen molar-refractivity contribution in [2.24, 2.45) is 0 Å². The van der Waals surface area contributed by atoms with Crippen LogP contribution in [0.5, 0.6) is 0 Å². The second kappa shape index (κ2) is 18.7. The van der Waals surface area contributed by atoms with Gasteiger partial charge >= 0.3 is 282 Å². The summed E-state index contributed by atoms with van der Waals surface area (Å²) >= 11 is -0.663. The van der Waals surface area contributed by atoms with Crippen molar-refractivity contribution in [3.05, 3.63) is 199 Å². The monoisotopic (exact) mass is 1110 g/mol. The average molecular weight is 1110 g/mol. The van der Waals surface area contributed by atoms with E-state index in [0.717, 1.165) is 33.7 Å². The van der Waals surface area contributed by atoms with Crippen LogP contribution in [0.25, 0.3) is 79.2 Å². The molecular formula is C58H51IrN3Te-2. The zero-order valence-electron chi connectivity index (χ0n) is 36.9. The number of hydrogen-bond acceptors (Lipinski definition) is 2. The molecule has 0 aliphatic rings. The molecule has 1 radical (unpaired) electrons. The number of fused-ring (bicyclic) bond motifs is 4. The number of hydrogen-bond donors (Lipinski definition) is 0. The summed E-state index contributed by atoms with van der Waals surface area (Å²) in [6.45, 7) is 15.8. The Balaban J connectivity index is 0.000000271. The smallest absolute Gasteiger partial charge is 0 e. The Morgan fingerprint density at radius 2 is 1.24 bits per heavy atom. The molecule has 3 heterocycles. The molecule has 3 aromatic heterocycles. The van der Waals surface area contributed by atoms with Gasteiger partial charge in [0.1, 0.15) is 0 Å². The molecule has 63 heavy (non-hydrogen) atoms. The molecule has 10 aromatic rings. The predicted octanol–water partition coefficient (Wildman–Crippen LogP) is 15.3. The molecule has 3 nitrogen and oxygen atoms in total. The summed E-state index contributed by atoms with van der Waals surface area (Å²) in [5, 5.41) is 2.71. The van der Waals surface area contributed by atoms with Crippen molar-refractivity contribution in [3.63, 3.8) is 0 Å². The van der Waals surface area contributed by atoms with Crippen LogP contribution in [0.1, 0.15) is 77.0 Å². The van der Waals surface area contributed by atoms with E-state index in [4.69, 9.17) is 4.98 Å². The minimum Gasteiger partial charge on any atom is 0 e. The van der Waals surface area contributed by atoms with E-state index in [1.54, 1.807) is 0 Å². The molecule has 0 unspecified atom stereocenters. The number of para-hydroxylation sites is 2. The summed E-state index contributed by atoms with van der Waals surface area (Å²) in [7, 11) is 0. The molecule has 0 aliphatic heterocycles. The van der Waals surface area contributed by atoms with Crippen LogP contribution in [0, 0.1) is 12.1 Å². The molecule has 0 bridgehead atoms. The third-order valence-electron chi connectivity index (χ3n) is 11.7. The summed E-state index contributed by atoms with van der Waals surface area (Å²) in [5.74, 6) is 1.64. The third-order valence-corrected chi connectivity index (χ3v) is 15.1. The van der Waals surface area contributed by atoms with Gasteiger partial charge in [0, 0.05) is 26.3 Å². The molecule has 7 aromatic carbocycles. The SMILES string of the molecule is CC(C)(C)c1ccc(-c2[c-]cccc2)nc1.CC(C)c1cc(-c2ccccc2)cc(C(C)C)c1-n1c(-c2[c-]ccc3c2[te]c2cc(-c4ccccc4)ccc23)nc2ccccc21.[Ir]. The average Bonchev–Trinajstić information content (AvgIpc) is 3.88. The Hall–Kier alpha value is -5.40. The molecule has 10 rings (SSSR count). The maximum Gasteiger partial charge on any atom is 0 e. The quantitative estimate of drug-likeness (QED) is 0.118. The maximum absolute atomic E-state index is 5.40. The van der Waals surface area contributed by atoms with Crippen molar-refractivity contribution in [1.82, 2.24) is 14.5 Å². The van der Waals surface area contributed by atoms with Crippen LogP contribution < -0.4 is 0 Å². The Labute approximate surface area is 395 Å². The van der Waals surface area contributed by atoms with Gasteiger partial charge in [-0.15, -0.1) is 35.9 Å². The predicted molar refractivity (Wildman–Crippen MR) is 264 cm³/mol. The van der Waals surface area contributed by atoms with Crippen molar-refractivity contribution in [1.29, 1.82) is 0 Å². The zero-order chi connectivity index (χ0) is 43.0. The van der Waals surface area contributed by atoms with Crippen molar-refractivity contribution in [3.8, 4) is 50.6 Å². The summed E-state index contributed by atoms with van der Waals surface area (Å²) in [4.78, 5) is 9.88. The molecule has 0 amide bonds. The van der Waals surface area contributed by atoms with E-state index in [2.05, 4.69) is 210 Å². The van der Waals surface area contributed by atoms with Crippen LogP contribution in [-0.4, -0.2) is 35.0 Å². The number of aromatic nitrogens is 3.